The quantitative estimate of drug-likeness (QED) is 0.647. The molecule has 6 heteroatoms. The molecule has 1 N–H and O–H groups in total. The van der Waals surface area contributed by atoms with Gasteiger partial charge in [-0.1, -0.05) is 24.3 Å². The maximum absolute atomic E-state index is 13.0. The summed E-state index contributed by atoms with van der Waals surface area (Å²) >= 11 is 0. The molecule has 0 fully saturated rings. The van der Waals surface area contributed by atoms with E-state index in [1.807, 2.05) is 25.1 Å². The molecule has 1 aromatic heterocycles. The normalized spacial score (nSPS) is 13.1. The van der Waals surface area contributed by atoms with Crippen LogP contribution in [0, 0.1) is 12.7 Å². The molecule has 2 atom stereocenters. The number of esters is 1. The number of aryl methyl sites for hydroxylation is 1. The summed E-state index contributed by atoms with van der Waals surface area (Å²) in [5, 5.41) is 3.61. The lowest BCUT2D eigenvalue weighted by Gasteiger charge is -2.18. The zero-order valence-corrected chi connectivity index (χ0v) is 16.0. The highest BCUT2D eigenvalue weighted by atomic mass is 19.1. The average Bonchev–Trinajstić information content (AvgIpc) is 3.03. The second kappa shape index (κ2) is 8.25. The number of hydrogen-bond donors (Lipinski definition) is 1. The number of carbonyl (C=O) groups excluding carboxylic acids is 2. The second-order valence-electron chi connectivity index (χ2n) is 6.85. The van der Waals surface area contributed by atoms with Gasteiger partial charge in [-0.3, -0.25) is 9.59 Å². The molecular weight excluding hydrogens is 361 g/mol. The molecule has 3 aromatic rings. The molecule has 2 aromatic carbocycles. The predicted octanol–water partition coefficient (Wildman–Crippen LogP) is 4.23. The Labute approximate surface area is 162 Å². The van der Waals surface area contributed by atoms with Gasteiger partial charge in [-0.25, -0.2) is 4.39 Å². The van der Waals surface area contributed by atoms with Gasteiger partial charge in [0.2, 0.25) is 0 Å². The maximum atomic E-state index is 13.0. The monoisotopic (exact) mass is 383 g/mol. The van der Waals surface area contributed by atoms with Crippen LogP contribution in [0.25, 0.3) is 11.0 Å². The van der Waals surface area contributed by atoms with Gasteiger partial charge in [0.05, 0.1) is 18.7 Å². The average molecular weight is 383 g/mol. The van der Waals surface area contributed by atoms with Crippen molar-refractivity contribution in [1.29, 1.82) is 0 Å². The summed E-state index contributed by atoms with van der Waals surface area (Å²) in [6.45, 7) is 5.25. The number of benzene rings is 2. The minimum atomic E-state index is -0.948. The van der Waals surface area contributed by atoms with Crippen LogP contribution in [0.1, 0.15) is 36.6 Å². The van der Waals surface area contributed by atoms with Crippen molar-refractivity contribution >= 4 is 22.8 Å². The van der Waals surface area contributed by atoms with Crippen molar-refractivity contribution in [2.45, 2.75) is 39.3 Å². The molecule has 0 aliphatic carbocycles. The van der Waals surface area contributed by atoms with Crippen LogP contribution in [0.3, 0.4) is 0 Å². The first-order chi connectivity index (χ1) is 13.3. The van der Waals surface area contributed by atoms with Crippen LogP contribution in [0.15, 0.2) is 53.1 Å². The first kappa shape index (κ1) is 19.6. The lowest BCUT2D eigenvalue weighted by Crippen LogP contribution is -2.37. The zero-order valence-electron chi connectivity index (χ0n) is 16.0. The van der Waals surface area contributed by atoms with Crippen molar-refractivity contribution < 1.29 is 23.1 Å². The number of furan rings is 1. The van der Waals surface area contributed by atoms with Crippen LogP contribution in [0.2, 0.25) is 0 Å². The van der Waals surface area contributed by atoms with Gasteiger partial charge in [0.15, 0.2) is 6.10 Å². The molecule has 1 heterocycles. The molecule has 0 radical (unpaired) electrons. The number of hydrogen-bond acceptors (Lipinski definition) is 4. The van der Waals surface area contributed by atoms with Crippen LogP contribution in [0.5, 0.6) is 0 Å². The Bertz CT molecular complexity index is 993. The van der Waals surface area contributed by atoms with Gasteiger partial charge in [-0.15, -0.1) is 0 Å². The van der Waals surface area contributed by atoms with E-state index < -0.39 is 18.0 Å². The molecular formula is C22H22FNO4. The lowest BCUT2D eigenvalue weighted by molar-refractivity contribution is -0.154. The van der Waals surface area contributed by atoms with E-state index in [0.717, 1.165) is 16.5 Å². The van der Waals surface area contributed by atoms with Gasteiger partial charge in [0.25, 0.3) is 5.91 Å². The van der Waals surface area contributed by atoms with Crippen molar-refractivity contribution in [2.24, 2.45) is 0 Å². The molecule has 0 unspecified atom stereocenters. The Morgan fingerprint density at radius 1 is 1.14 bits per heavy atom. The molecule has 28 heavy (non-hydrogen) atoms. The van der Waals surface area contributed by atoms with Crippen LogP contribution < -0.4 is 5.32 Å². The fourth-order valence-corrected chi connectivity index (χ4v) is 2.94. The molecule has 0 saturated heterocycles. The van der Waals surface area contributed by atoms with E-state index in [4.69, 9.17) is 9.15 Å². The molecule has 3 rings (SSSR count). The minimum Gasteiger partial charge on any atom is -0.464 e. The largest absolute Gasteiger partial charge is 0.464 e. The van der Waals surface area contributed by atoms with Crippen LogP contribution in [0.4, 0.5) is 4.39 Å². The van der Waals surface area contributed by atoms with Crippen molar-refractivity contribution in [3.8, 4) is 0 Å². The fourth-order valence-electron chi connectivity index (χ4n) is 2.94. The van der Waals surface area contributed by atoms with E-state index in [1.54, 1.807) is 19.1 Å². The summed E-state index contributed by atoms with van der Waals surface area (Å²) in [5.74, 6) is -1.27. The van der Waals surface area contributed by atoms with Crippen molar-refractivity contribution in [2.75, 3.05) is 0 Å². The summed E-state index contributed by atoms with van der Waals surface area (Å²) in [7, 11) is 0. The maximum Gasteiger partial charge on any atom is 0.311 e. The number of carbonyl (C=O) groups is 2. The number of amides is 1. The molecule has 5 nitrogen and oxygen atoms in total. The van der Waals surface area contributed by atoms with E-state index in [-0.39, 0.29) is 18.3 Å². The van der Waals surface area contributed by atoms with Gasteiger partial charge < -0.3 is 14.5 Å². The molecule has 0 aliphatic rings. The highest BCUT2D eigenvalue weighted by molar-refractivity contribution is 5.88. The SMILES string of the molecule is Cc1ccc2c(CC(=O)O[C@@H](C)C(=O)N[C@@H](C)c3ccc(F)cc3)coc2c1. The summed E-state index contributed by atoms with van der Waals surface area (Å²) in [6.07, 6.45) is 0.601. The minimum absolute atomic E-state index is 0.0151. The number of nitrogens with one attached hydrogen (secondary N) is 1. The molecule has 0 bridgehead atoms. The highest BCUT2D eigenvalue weighted by Gasteiger charge is 2.21. The van der Waals surface area contributed by atoms with Crippen LogP contribution in [-0.2, 0) is 20.7 Å². The first-order valence-electron chi connectivity index (χ1n) is 9.05. The Kier molecular flexibility index (Phi) is 5.78. The predicted molar refractivity (Wildman–Crippen MR) is 103 cm³/mol. The molecule has 0 spiro atoms. The van der Waals surface area contributed by atoms with Gasteiger partial charge in [0, 0.05) is 10.9 Å². The van der Waals surface area contributed by atoms with E-state index in [2.05, 4.69) is 5.32 Å². The van der Waals surface area contributed by atoms with Crippen LogP contribution in [-0.4, -0.2) is 18.0 Å². The van der Waals surface area contributed by atoms with Crippen molar-refractivity contribution in [1.82, 2.24) is 5.32 Å². The number of fused-ring (bicyclic) bond motifs is 1. The van der Waals surface area contributed by atoms with Crippen molar-refractivity contribution in [3.63, 3.8) is 0 Å². The number of halogens is 1. The van der Waals surface area contributed by atoms with Gasteiger partial charge in [-0.2, -0.15) is 0 Å². The summed E-state index contributed by atoms with van der Waals surface area (Å²) < 4.78 is 23.7. The highest BCUT2D eigenvalue weighted by Crippen LogP contribution is 2.23. The Morgan fingerprint density at radius 3 is 2.57 bits per heavy atom. The van der Waals surface area contributed by atoms with Gasteiger partial charge in [-0.05, 0) is 50.1 Å². The van der Waals surface area contributed by atoms with Gasteiger partial charge >= 0.3 is 5.97 Å². The number of ether oxygens (including phenoxy) is 1. The van der Waals surface area contributed by atoms with Crippen LogP contribution >= 0.6 is 0 Å². The molecule has 1 amide bonds. The van der Waals surface area contributed by atoms with E-state index >= 15 is 0 Å². The third-order valence-electron chi connectivity index (χ3n) is 4.55. The molecule has 0 saturated carbocycles. The molecule has 0 aliphatic heterocycles. The fraction of sp³-hybridized carbons (Fsp3) is 0.273. The van der Waals surface area contributed by atoms with E-state index in [0.29, 0.717) is 11.1 Å². The van der Waals surface area contributed by atoms with E-state index in [9.17, 15) is 14.0 Å². The first-order valence-corrected chi connectivity index (χ1v) is 9.05. The molecule has 146 valence electrons. The second-order valence-corrected chi connectivity index (χ2v) is 6.85. The topological polar surface area (TPSA) is 68.5 Å². The summed E-state index contributed by atoms with van der Waals surface area (Å²) in [6, 6.07) is 11.3. The lowest BCUT2D eigenvalue weighted by atomic mass is 10.1. The van der Waals surface area contributed by atoms with E-state index in [1.165, 1.54) is 25.3 Å². The third kappa shape index (κ3) is 4.57. The Balaban J connectivity index is 1.57. The Hall–Kier alpha value is -3.15. The smallest absolute Gasteiger partial charge is 0.311 e. The Morgan fingerprint density at radius 2 is 1.86 bits per heavy atom. The van der Waals surface area contributed by atoms with Gasteiger partial charge in [0.1, 0.15) is 11.4 Å². The number of rotatable bonds is 6. The summed E-state index contributed by atoms with van der Waals surface area (Å²) in [4.78, 5) is 24.5. The zero-order chi connectivity index (χ0) is 20.3. The van der Waals surface area contributed by atoms with Crippen molar-refractivity contribution in [3.05, 3.63) is 71.2 Å². The summed E-state index contributed by atoms with van der Waals surface area (Å²) in [5.41, 5.74) is 3.25. The standard InChI is InChI=1S/C22H22FNO4/c1-13-4-9-19-17(12-27-20(19)10-13)11-21(25)28-15(3)22(26)24-14(2)16-5-7-18(23)8-6-16/h4-10,12,14-15H,11H2,1-3H3,(H,24,26)/t14-,15-/m0/s1. The third-order valence-corrected chi connectivity index (χ3v) is 4.55.